The summed E-state index contributed by atoms with van der Waals surface area (Å²) in [5.74, 6) is 1.80. The van der Waals surface area contributed by atoms with Gasteiger partial charge in [0.15, 0.2) is 5.96 Å². The predicted molar refractivity (Wildman–Crippen MR) is 87.8 cm³/mol. The molecule has 0 aromatic carbocycles. The topological polar surface area (TPSA) is 39.7 Å². The monoisotopic (exact) mass is 366 g/mol. The summed E-state index contributed by atoms with van der Waals surface area (Å²) < 4.78 is 0. The van der Waals surface area contributed by atoms with Crippen LogP contribution in [0.1, 0.15) is 32.6 Å². The molecule has 0 radical (unpaired) electrons. The highest BCUT2D eigenvalue weighted by Crippen LogP contribution is 2.19. The summed E-state index contributed by atoms with van der Waals surface area (Å²) in [5.41, 5.74) is 0. The molecule has 0 aromatic heterocycles. The van der Waals surface area contributed by atoms with Gasteiger partial charge < -0.3 is 15.5 Å². The Labute approximate surface area is 128 Å². The summed E-state index contributed by atoms with van der Waals surface area (Å²) in [6.07, 6.45) is 5.20. The maximum absolute atomic E-state index is 4.72. The van der Waals surface area contributed by atoms with Gasteiger partial charge in [-0.05, 0) is 58.7 Å². The van der Waals surface area contributed by atoms with Crippen LogP contribution in [-0.4, -0.2) is 50.1 Å². The first kappa shape index (κ1) is 16.0. The molecule has 2 rings (SSSR count). The van der Waals surface area contributed by atoms with Crippen molar-refractivity contribution in [1.82, 2.24) is 15.5 Å². The smallest absolute Gasteiger partial charge is 0.191 e. The number of hydrogen-bond donors (Lipinski definition) is 2. The summed E-state index contributed by atoms with van der Waals surface area (Å²) in [7, 11) is 2.21. The number of halogens is 1. The SMILES string of the molecule is CCNC(=NCC1CCN(C)CC1)NC1CC1.I. The summed E-state index contributed by atoms with van der Waals surface area (Å²) >= 11 is 0. The third-order valence-corrected chi connectivity index (χ3v) is 3.61. The minimum Gasteiger partial charge on any atom is -0.357 e. The molecule has 1 aliphatic heterocycles. The Hall–Kier alpha value is -0.0400. The maximum atomic E-state index is 4.72. The second-order valence-corrected chi connectivity index (χ2v) is 5.38. The summed E-state index contributed by atoms with van der Waals surface area (Å²) in [4.78, 5) is 7.13. The van der Waals surface area contributed by atoms with Gasteiger partial charge in [-0.15, -0.1) is 24.0 Å². The molecule has 106 valence electrons. The van der Waals surface area contributed by atoms with Crippen molar-refractivity contribution in [3.63, 3.8) is 0 Å². The maximum Gasteiger partial charge on any atom is 0.191 e. The van der Waals surface area contributed by atoms with Crippen LogP contribution < -0.4 is 10.6 Å². The molecule has 0 unspecified atom stereocenters. The Morgan fingerprint density at radius 3 is 2.44 bits per heavy atom. The van der Waals surface area contributed by atoms with Crippen LogP contribution in [0.15, 0.2) is 4.99 Å². The molecule has 2 aliphatic rings. The number of aliphatic imine (C=N–C) groups is 1. The number of nitrogens with one attached hydrogen (secondary N) is 2. The first-order valence-corrected chi connectivity index (χ1v) is 7.01. The van der Waals surface area contributed by atoms with Crippen molar-refractivity contribution in [3.05, 3.63) is 0 Å². The lowest BCUT2D eigenvalue weighted by molar-refractivity contribution is 0.223. The van der Waals surface area contributed by atoms with Gasteiger partial charge in [-0.1, -0.05) is 0 Å². The van der Waals surface area contributed by atoms with Gasteiger partial charge in [0.2, 0.25) is 0 Å². The molecule has 1 saturated heterocycles. The van der Waals surface area contributed by atoms with Crippen molar-refractivity contribution in [3.8, 4) is 0 Å². The zero-order chi connectivity index (χ0) is 12.1. The van der Waals surface area contributed by atoms with Gasteiger partial charge in [0.1, 0.15) is 0 Å². The molecule has 5 heteroatoms. The average molecular weight is 366 g/mol. The molecule has 0 spiro atoms. The van der Waals surface area contributed by atoms with E-state index < -0.39 is 0 Å². The molecule has 1 saturated carbocycles. The van der Waals surface area contributed by atoms with E-state index in [1.807, 2.05) is 0 Å². The van der Waals surface area contributed by atoms with Gasteiger partial charge in [0, 0.05) is 19.1 Å². The van der Waals surface area contributed by atoms with Gasteiger partial charge in [-0.2, -0.15) is 0 Å². The molecule has 1 aliphatic carbocycles. The highest BCUT2D eigenvalue weighted by Gasteiger charge is 2.22. The second-order valence-electron chi connectivity index (χ2n) is 5.38. The van der Waals surface area contributed by atoms with Gasteiger partial charge in [0.05, 0.1) is 0 Å². The first-order valence-electron chi connectivity index (χ1n) is 7.01. The van der Waals surface area contributed by atoms with Crippen molar-refractivity contribution in [1.29, 1.82) is 0 Å². The molecule has 2 N–H and O–H groups in total. The lowest BCUT2D eigenvalue weighted by atomic mass is 9.97. The van der Waals surface area contributed by atoms with Crippen LogP contribution in [-0.2, 0) is 0 Å². The lowest BCUT2D eigenvalue weighted by Crippen LogP contribution is -2.39. The molecule has 2 fully saturated rings. The third-order valence-electron chi connectivity index (χ3n) is 3.61. The molecule has 0 bridgehead atoms. The Morgan fingerprint density at radius 2 is 1.89 bits per heavy atom. The van der Waals surface area contributed by atoms with Gasteiger partial charge in [-0.3, -0.25) is 4.99 Å². The molecule has 18 heavy (non-hydrogen) atoms. The Balaban J connectivity index is 0.00000162. The van der Waals surface area contributed by atoms with Gasteiger partial charge in [-0.25, -0.2) is 0 Å². The number of piperidine rings is 1. The molecular formula is C13H27IN4. The lowest BCUT2D eigenvalue weighted by Gasteiger charge is -2.28. The van der Waals surface area contributed by atoms with Crippen molar-refractivity contribution in [2.24, 2.45) is 10.9 Å². The standard InChI is InChI=1S/C13H26N4.HI/c1-3-14-13(16-12-4-5-12)15-10-11-6-8-17(2)9-7-11;/h11-12H,3-10H2,1-2H3,(H2,14,15,16);1H. The molecular weight excluding hydrogens is 339 g/mol. The molecule has 0 amide bonds. The summed E-state index contributed by atoms with van der Waals surface area (Å²) in [5, 5.41) is 6.80. The van der Waals surface area contributed by atoms with Crippen molar-refractivity contribution in [2.45, 2.75) is 38.6 Å². The number of hydrogen-bond acceptors (Lipinski definition) is 2. The van der Waals surface area contributed by atoms with Crippen LogP contribution in [0.3, 0.4) is 0 Å². The molecule has 4 nitrogen and oxygen atoms in total. The fraction of sp³-hybridized carbons (Fsp3) is 0.923. The third kappa shape index (κ3) is 5.73. The van der Waals surface area contributed by atoms with Crippen LogP contribution in [0.25, 0.3) is 0 Å². The van der Waals surface area contributed by atoms with E-state index in [1.54, 1.807) is 0 Å². The second kappa shape index (κ2) is 8.19. The zero-order valence-corrected chi connectivity index (χ0v) is 13.9. The van der Waals surface area contributed by atoms with E-state index in [0.717, 1.165) is 25.0 Å². The minimum atomic E-state index is 0. The molecule has 0 aromatic rings. The number of likely N-dealkylation sites (tertiary alicyclic amines) is 1. The van der Waals surface area contributed by atoms with Gasteiger partial charge in [0.25, 0.3) is 0 Å². The van der Waals surface area contributed by atoms with Crippen LogP contribution >= 0.6 is 24.0 Å². The van der Waals surface area contributed by atoms with E-state index in [1.165, 1.54) is 38.8 Å². The Kier molecular flexibility index (Phi) is 7.29. The highest BCUT2D eigenvalue weighted by atomic mass is 127. The number of rotatable bonds is 4. The summed E-state index contributed by atoms with van der Waals surface area (Å²) in [6, 6.07) is 0.685. The van der Waals surface area contributed by atoms with E-state index in [0.29, 0.717) is 6.04 Å². The average Bonchev–Trinajstić information content (AvgIpc) is 3.12. The normalized spacial score (nSPS) is 22.4. The van der Waals surface area contributed by atoms with Crippen molar-refractivity contribution < 1.29 is 0 Å². The Morgan fingerprint density at radius 1 is 1.22 bits per heavy atom. The van der Waals surface area contributed by atoms with Gasteiger partial charge >= 0.3 is 0 Å². The van der Waals surface area contributed by atoms with E-state index in [2.05, 4.69) is 29.5 Å². The first-order chi connectivity index (χ1) is 8.28. The van der Waals surface area contributed by atoms with Crippen LogP contribution in [0, 0.1) is 5.92 Å². The fourth-order valence-electron chi connectivity index (χ4n) is 2.21. The number of nitrogens with zero attached hydrogens (tertiary/aromatic N) is 2. The molecule has 0 atom stereocenters. The van der Waals surface area contributed by atoms with E-state index in [-0.39, 0.29) is 24.0 Å². The highest BCUT2D eigenvalue weighted by molar-refractivity contribution is 14.0. The van der Waals surface area contributed by atoms with Crippen LogP contribution in [0.5, 0.6) is 0 Å². The quantitative estimate of drug-likeness (QED) is 0.452. The van der Waals surface area contributed by atoms with E-state index >= 15 is 0 Å². The molecule has 1 heterocycles. The van der Waals surface area contributed by atoms with Crippen molar-refractivity contribution in [2.75, 3.05) is 33.2 Å². The summed E-state index contributed by atoms with van der Waals surface area (Å²) in [6.45, 7) is 6.51. The van der Waals surface area contributed by atoms with E-state index in [9.17, 15) is 0 Å². The predicted octanol–water partition coefficient (Wildman–Crippen LogP) is 1.66. The number of guanidine groups is 1. The largest absolute Gasteiger partial charge is 0.357 e. The van der Waals surface area contributed by atoms with Crippen molar-refractivity contribution >= 4 is 29.9 Å². The fourth-order valence-corrected chi connectivity index (χ4v) is 2.21. The van der Waals surface area contributed by atoms with Crippen LogP contribution in [0.2, 0.25) is 0 Å². The van der Waals surface area contributed by atoms with Crippen LogP contribution in [0.4, 0.5) is 0 Å². The van der Waals surface area contributed by atoms with E-state index in [4.69, 9.17) is 4.99 Å². The zero-order valence-electron chi connectivity index (χ0n) is 11.6. The minimum absolute atomic E-state index is 0. The Bertz CT molecular complexity index is 258.